The van der Waals surface area contributed by atoms with Gasteiger partial charge >= 0.3 is 5.97 Å². The third kappa shape index (κ3) is 3.88. The lowest BCUT2D eigenvalue weighted by Gasteiger charge is -2.14. The van der Waals surface area contributed by atoms with Crippen LogP contribution in [0.25, 0.3) is 0 Å². The monoisotopic (exact) mass is 311 g/mol. The summed E-state index contributed by atoms with van der Waals surface area (Å²) in [6.45, 7) is 2.34. The predicted molar refractivity (Wildman–Crippen MR) is 79.7 cm³/mol. The molecule has 0 bridgehead atoms. The number of amides is 1. The first kappa shape index (κ1) is 15.6. The molecule has 21 heavy (non-hydrogen) atoms. The van der Waals surface area contributed by atoms with Gasteiger partial charge in [0, 0.05) is 10.9 Å². The van der Waals surface area contributed by atoms with Crippen molar-refractivity contribution in [1.29, 1.82) is 0 Å². The van der Waals surface area contributed by atoms with Crippen molar-refractivity contribution in [3.63, 3.8) is 0 Å². The molecule has 1 aromatic rings. The van der Waals surface area contributed by atoms with Crippen molar-refractivity contribution in [3.8, 4) is 5.75 Å². The molecule has 1 amide bonds. The Morgan fingerprint density at radius 2 is 2.10 bits per heavy atom. The summed E-state index contributed by atoms with van der Waals surface area (Å²) in [6.07, 6.45) is 1.51. The molecule has 114 valence electrons. The number of aliphatic carboxylic acids is 1. The Morgan fingerprint density at radius 3 is 2.71 bits per heavy atom. The Morgan fingerprint density at radius 1 is 1.38 bits per heavy atom. The predicted octanol–water partition coefficient (Wildman–Crippen LogP) is 3.18. The highest BCUT2D eigenvalue weighted by molar-refractivity contribution is 6.31. The van der Waals surface area contributed by atoms with E-state index in [9.17, 15) is 9.59 Å². The minimum atomic E-state index is -0.830. The smallest absolute Gasteiger partial charge is 0.306 e. The topological polar surface area (TPSA) is 75.6 Å². The summed E-state index contributed by atoms with van der Waals surface area (Å²) in [5.41, 5.74) is 0.521. The molecule has 2 N–H and O–H groups in total. The van der Waals surface area contributed by atoms with Gasteiger partial charge in [0.15, 0.2) is 0 Å². The lowest BCUT2D eigenvalue weighted by atomic mass is 10.0. The summed E-state index contributed by atoms with van der Waals surface area (Å²) in [7, 11) is 0. The first-order valence-electron chi connectivity index (χ1n) is 6.97. The second-order valence-corrected chi connectivity index (χ2v) is 5.54. The summed E-state index contributed by atoms with van der Waals surface area (Å²) in [5.74, 6) is -1.15. The zero-order valence-electron chi connectivity index (χ0n) is 11.8. The van der Waals surface area contributed by atoms with Crippen molar-refractivity contribution in [2.45, 2.75) is 26.2 Å². The molecule has 2 rings (SSSR count). The van der Waals surface area contributed by atoms with E-state index in [4.69, 9.17) is 21.4 Å². The van der Waals surface area contributed by atoms with Gasteiger partial charge in [0.2, 0.25) is 5.91 Å². The standard InChI is InChI=1S/C15H18ClNO4/c1-2-21-13-6-5-11(16)8-12(13)17-14(18)9-3-4-10(7-9)15(19)20/h5-6,8-10H,2-4,7H2,1H3,(H,17,18)(H,19,20). The van der Waals surface area contributed by atoms with Gasteiger partial charge < -0.3 is 15.2 Å². The molecule has 1 aromatic carbocycles. The molecule has 0 spiro atoms. The van der Waals surface area contributed by atoms with E-state index in [1.165, 1.54) is 0 Å². The fraction of sp³-hybridized carbons (Fsp3) is 0.467. The Bertz CT molecular complexity index is 546. The Labute approximate surface area is 128 Å². The number of halogens is 1. The molecule has 2 atom stereocenters. The first-order chi connectivity index (χ1) is 10.0. The normalized spacial score (nSPS) is 21.0. The van der Waals surface area contributed by atoms with E-state index in [1.807, 2.05) is 6.92 Å². The lowest BCUT2D eigenvalue weighted by Crippen LogP contribution is -2.22. The average Bonchev–Trinajstić information content (AvgIpc) is 2.92. The molecule has 0 saturated heterocycles. The van der Waals surface area contributed by atoms with Crippen molar-refractivity contribution in [3.05, 3.63) is 23.2 Å². The van der Waals surface area contributed by atoms with E-state index < -0.39 is 11.9 Å². The van der Waals surface area contributed by atoms with Crippen LogP contribution in [0.2, 0.25) is 5.02 Å². The third-order valence-corrected chi connectivity index (χ3v) is 3.89. The van der Waals surface area contributed by atoms with Gasteiger partial charge in [-0.3, -0.25) is 9.59 Å². The fourth-order valence-electron chi connectivity index (χ4n) is 2.56. The SMILES string of the molecule is CCOc1ccc(Cl)cc1NC(=O)C1CCC(C(=O)O)C1. The number of benzene rings is 1. The summed E-state index contributed by atoms with van der Waals surface area (Å²) >= 11 is 5.94. The molecule has 1 fully saturated rings. The van der Waals surface area contributed by atoms with E-state index in [2.05, 4.69) is 5.32 Å². The molecule has 0 radical (unpaired) electrons. The second-order valence-electron chi connectivity index (χ2n) is 5.11. The first-order valence-corrected chi connectivity index (χ1v) is 7.35. The van der Waals surface area contributed by atoms with E-state index in [0.29, 0.717) is 42.3 Å². The maximum absolute atomic E-state index is 12.2. The summed E-state index contributed by atoms with van der Waals surface area (Å²) in [4.78, 5) is 23.2. The highest BCUT2D eigenvalue weighted by atomic mass is 35.5. The van der Waals surface area contributed by atoms with Crippen LogP contribution in [0, 0.1) is 11.8 Å². The van der Waals surface area contributed by atoms with Gasteiger partial charge in [-0.1, -0.05) is 11.6 Å². The van der Waals surface area contributed by atoms with Crippen LogP contribution in [0.15, 0.2) is 18.2 Å². The van der Waals surface area contributed by atoms with E-state index >= 15 is 0 Å². The van der Waals surface area contributed by atoms with Gasteiger partial charge in [0.25, 0.3) is 0 Å². The quantitative estimate of drug-likeness (QED) is 0.875. The fourth-order valence-corrected chi connectivity index (χ4v) is 2.73. The number of hydrogen-bond donors (Lipinski definition) is 2. The number of rotatable bonds is 5. The van der Waals surface area contributed by atoms with Crippen LogP contribution in [0.4, 0.5) is 5.69 Å². The number of ether oxygens (including phenoxy) is 1. The van der Waals surface area contributed by atoms with E-state index in [-0.39, 0.29) is 11.8 Å². The van der Waals surface area contributed by atoms with Gasteiger partial charge in [-0.2, -0.15) is 0 Å². The highest BCUT2D eigenvalue weighted by Gasteiger charge is 2.34. The average molecular weight is 312 g/mol. The van der Waals surface area contributed by atoms with Crippen LogP contribution in [-0.2, 0) is 9.59 Å². The molecule has 1 aliphatic carbocycles. The number of carboxylic acids is 1. The summed E-state index contributed by atoms with van der Waals surface area (Å²) in [6, 6.07) is 5.03. The molecular formula is C15H18ClNO4. The van der Waals surface area contributed by atoms with Crippen molar-refractivity contribution in [2.75, 3.05) is 11.9 Å². The van der Waals surface area contributed by atoms with Crippen LogP contribution in [0.5, 0.6) is 5.75 Å². The number of carbonyl (C=O) groups is 2. The lowest BCUT2D eigenvalue weighted by molar-refractivity contribution is -0.141. The molecule has 0 aliphatic heterocycles. The molecular weight excluding hydrogens is 294 g/mol. The maximum atomic E-state index is 12.2. The van der Waals surface area contributed by atoms with Crippen LogP contribution < -0.4 is 10.1 Å². The van der Waals surface area contributed by atoms with Gasteiger partial charge in [-0.15, -0.1) is 0 Å². The number of nitrogens with one attached hydrogen (secondary N) is 1. The highest BCUT2D eigenvalue weighted by Crippen LogP contribution is 2.34. The van der Waals surface area contributed by atoms with Gasteiger partial charge in [-0.05, 0) is 44.4 Å². The van der Waals surface area contributed by atoms with Crippen LogP contribution in [0.3, 0.4) is 0 Å². The minimum Gasteiger partial charge on any atom is -0.492 e. The largest absolute Gasteiger partial charge is 0.492 e. The second kappa shape index (κ2) is 6.80. The molecule has 6 heteroatoms. The Balaban J connectivity index is 2.06. The molecule has 0 aromatic heterocycles. The Kier molecular flexibility index (Phi) is 5.07. The zero-order valence-corrected chi connectivity index (χ0v) is 12.5. The summed E-state index contributed by atoms with van der Waals surface area (Å²) in [5, 5.41) is 12.3. The van der Waals surface area contributed by atoms with E-state index in [1.54, 1.807) is 18.2 Å². The van der Waals surface area contributed by atoms with Crippen molar-refractivity contribution in [2.24, 2.45) is 11.8 Å². The third-order valence-electron chi connectivity index (χ3n) is 3.65. The maximum Gasteiger partial charge on any atom is 0.306 e. The number of hydrogen-bond acceptors (Lipinski definition) is 3. The molecule has 5 nitrogen and oxygen atoms in total. The van der Waals surface area contributed by atoms with Crippen LogP contribution in [-0.4, -0.2) is 23.6 Å². The minimum absolute atomic E-state index is 0.179. The van der Waals surface area contributed by atoms with Crippen LogP contribution >= 0.6 is 11.6 Å². The zero-order chi connectivity index (χ0) is 15.4. The van der Waals surface area contributed by atoms with Gasteiger partial charge in [0.05, 0.1) is 18.2 Å². The number of carboxylic acid groups (broad SMARTS) is 1. The van der Waals surface area contributed by atoms with Gasteiger partial charge in [-0.25, -0.2) is 0 Å². The number of carbonyl (C=O) groups excluding carboxylic acids is 1. The Hall–Kier alpha value is -1.75. The van der Waals surface area contributed by atoms with E-state index in [0.717, 1.165) is 0 Å². The molecule has 0 heterocycles. The molecule has 1 saturated carbocycles. The van der Waals surface area contributed by atoms with Gasteiger partial charge in [0.1, 0.15) is 5.75 Å². The van der Waals surface area contributed by atoms with Crippen molar-refractivity contribution < 1.29 is 19.4 Å². The van der Waals surface area contributed by atoms with Crippen molar-refractivity contribution >= 4 is 29.2 Å². The van der Waals surface area contributed by atoms with Crippen LogP contribution in [0.1, 0.15) is 26.2 Å². The van der Waals surface area contributed by atoms with Crippen molar-refractivity contribution in [1.82, 2.24) is 0 Å². The summed E-state index contributed by atoms with van der Waals surface area (Å²) < 4.78 is 5.45. The number of anilines is 1. The molecule has 1 aliphatic rings. The molecule has 2 unspecified atom stereocenters.